The zero-order chi connectivity index (χ0) is 16.3. The number of nitrogens with zero attached hydrogens (tertiary/aromatic N) is 3. The molecule has 0 aliphatic carbocycles. The highest BCUT2D eigenvalue weighted by Crippen LogP contribution is 2.36. The summed E-state index contributed by atoms with van der Waals surface area (Å²) in [7, 11) is 0. The molecule has 0 amide bonds. The van der Waals surface area contributed by atoms with Crippen LogP contribution in [0, 0.1) is 10.1 Å². The minimum absolute atomic E-state index is 0.0279. The summed E-state index contributed by atoms with van der Waals surface area (Å²) in [6.45, 7) is 3.49. The van der Waals surface area contributed by atoms with Gasteiger partial charge in [-0.25, -0.2) is 4.98 Å². The molecular weight excluding hydrogens is 331 g/mol. The highest BCUT2D eigenvalue weighted by molar-refractivity contribution is 6.43. The largest absolute Gasteiger partial charge is 0.470 e. The predicted octanol–water partition coefficient (Wildman–Crippen LogP) is 4.22. The lowest BCUT2D eigenvalue weighted by atomic mass is 10.3. The van der Waals surface area contributed by atoms with Gasteiger partial charge in [-0.1, -0.05) is 29.3 Å². The molecule has 2 aromatic rings. The van der Waals surface area contributed by atoms with Crippen molar-refractivity contribution in [3.05, 3.63) is 44.7 Å². The molecule has 0 spiro atoms. The Morgan fingerprint density at radius 3 is 2.68 bits per heavy atom. The fraction of sp³-hybridized carbons (Fsp3) is 0.231. The van der Waals surface area contributed by atoms with E-state index in [1.165, 1.54) is 6.33 Å². The Morgan fingerprint density at radius 1 is 1.32 bits per heavy atom. The molecule has 9 heteroatoms. The maximum Gasteiger partial charge on any atom is 0.373 e. The summed E-state index contributed by atoms with van der Waals surface area (Å²) in [5.41, 5.74) is 0.0266. The van der Waals surface area contributed by atoms with E-state index in [1.807, 2.05) is 0 Å². The van der Waals surface area contributed by atoms with Crippen LogP contribution in [0.1, 0.15) is 13.8 Å². The van der Waals surface area contributed by atoms with Crippen LogP contribution >= 0.6 is 23.2 Å². The van der Waals surface area contributed by atoms with Crippen molar-refractivity contribution in [1.29, 1.82) is 0 Å². The molecule has 0 unspecified atom stereocenters. The number of aromatic nitrogens is 2. The van der Waals surface area contributed by atoms with Crippen LogP contribution in [0.5, 0.6) is 5.88 Å². The number of rotatable bonds is 5. The van der Waals surface area contributed by atoms with Crippen LogP contribution < -0.4 is 10.1 Å². The Balaban J connectivity index is 2.46. The second kappa shape index (κ2) is 6.76. The van der Waals surface area contributed by atoms with E-state index in [-0.39, 0.29) is 28.5 Å². The van der Waals surface area contributed by atoms with E-state index < -0.39 is 4.92 Å². The molecule has 0 radical (unpaired) electrons. The molecule has 1 heterocycles. The maximum atomic E-state index is 11.3. The number of halogens is 2. The monoisotopic (exact) mass is 342 g/mol. The third kappa shape index (κ3) is 3.55. The molecule has 0 fully saturated rings. The second-order valence-electron chi connectivity index (χ2n) is 4.53. The van der Waals surface area contributed by atoms with Crippen LogP contribution in [-0.4, -0.2) is 21.0 Å². The number of nitrogens with one attached hydrogen (secondary N) is 1. The molecule has 0 aliphatic heterocycles. The summed E-state index contributed by atoms with van der Waals surface area (Å²) in [6, 6.07) is 4.90. The van der Waals surface area contributed by atoms with Crippen LogP contribution in [0.25, 0.3) is 0 Å². The molecule has 7 nitrogen and oxygen atoms in total. The van der Waals surface area contributed by atoms with Gasteiger partial charge in [0.2, 0.25) is 5.82 Å². The molecule has 0 aliphatic rings. The first-order valence-electron chi connectivity index (χ1n) is 6.27. The lowest BCUT2D eigenvalue weighted by molar-refractivity contribution is -0.385. The summed E-state index contributed by atoms with van der Waals surface area (Å²) in [5, 5.41) is 14.7. The summed E-state index contributed by atoms with van der Waals surface area (Å²) >= 11 is 12.0. The Bertz CT molecular complexity index is 710. The zero-order valence-electron chi connectivity index (χ0n) is 11.7. The standard InChI is InChI=1S/C13H12Cl2N4O3/c1-7(2)22-13-11(19(20)21)12(16-6-17-13)18-9-5-3-4-8(14)10(9)15/h3-7H,1-2H3,(H,16,17,18). The number of hydrogen-bond acceptors (Lipinski definition) is 6. The molecule has 116 valence electrons. The number of hydrogen-bond donors (Lipinski definition) is 1. The minimum atomic E-state index is -0.613. The lowest BCUT2D eigenvalue weighted by Gasteiger charge is -2.12. The van der Waals surface area contributed by atoms with Gasteiger partial charge in [-0.3, -0.25) is 10.1 Å². The van der Waals surface area contributed by atoms with Crippen molar-refractivity contribution in [2.24, 2.45) is 0 Å². The van der Waals surface area contributed by atoms with E-state index in [2.05, 4.69) is 15.3 Å². The Hall–Kier alpha value is -2.12. The van der Waals surface area contributed by atoms with E-state index in [0.717, 1.165) is 0 Å². The van der Waals surface area contributed by atoms with Crippen LogP contribution in [0.2, 0.25) is 10.0 Å². The van der Waals surface area contributed by atoms with Gasteiger partial charge >= 0.3 is 5.69 Å². The molecule has 0 bridgehead atoms. The normalized spacial score (nSPS) is 10.6. The summed E-state index contributed by atoms with van der Waals surface area (Å²) in [4.78, 5) is 18.4. The first-order valence-corrected chi connectivity index (χ1v) is 7.02. The van der Waals surface area contributed by atoms with Crippen LogP contribution in [0.3, 0.4) is 0 Å². The Morgan fingerprint density at radius 2 is 2.05 bits per heavy atom. The van der Waals surface area contributed by atoms with Gasteiger partial charge in [-0.15, -0.1) is 0 Å². The molecule has 0 atom stereocenters. The van der Waals surface area contributed by atoms with Crippen LogP contribution in [0.4, 0.5) is 17.2 Å². The molecular formula is C13H12Cl2N4O3. The first kappa shape index (κ1) is 16.3. The highest BCUT2D eigenvalue weighted by atomic mass is 35.5. The quantitative estimate of drug-likeness (QED) is 0.646. The number of anilines is 2. The fourth-order valence-electron chi connectivity index (χ4n) is 1.66. The van der Waals surface area contributed by atoms with Crippen LogP contribution in [0.15, 0.2) is 24.5 Å². The number of benzene rings is 1. The van der Waals surface area contributed by atoms with Crippen molar-refractivity contribution in [3.8, 4) is 5.88 Å². The minimum Gasteiger partial charge on any atom is -0.470 e. The van der Waals surface area contributed by atoms with Gasteiger partial charge in [0, 0.05) is 0 Å². The maximum absolute atomic E-state index is 11.3. The van der Waals surface area contributed by atoms with Crippen molar-refractivity contribution in [2.45, 2.75) is 20.0 Å². The van der Waals surface area contributed by atoms with E-state index in [0.29, 0.717) is 10.7 Å². The SMILES string of the molecule is CC(C)Oc1ncnc(Nc2cccc(Cl)c2Cl)c1[N+](=O)[O-]. The van der Waals surface area contributed by atoms with Crippen molar-refractivity contribution < 1.29 is 9.66 Å². The van der Waals surface area contributed by atoms with Crippen LogP contribution in [-0.2, 0) is 0 Å². The van der Waals surface area contributed by atoms with Crippen molar-refractivity contribution in [2.75, 3.05) is 5.32 Å². The summed E-state index contributed by atoms with van der Waals surface area (Å²) in [5.74, 6) is -0.143. The summed E-state index contributed by atoms with van der Waals surface area (Å²) in [6.07, 6.45) is 0.905. The van der Waals surface area contributed by atoms with E-state index >= 15 is 0 Å². The molecule has 0 saturated carbocycles. The van der Waals surface area contributed by atoms with Gasteiger partial charge in [0.05, 0.1) is 26.8 Å². The third-order valence-corrected chi connectivity index (χ3v) is 3.34. The lowest BCUT2D eigenvalue weighted by Crippen LogP contribution is -2.11. The van der Waals surface area contributed by atoms with Gasteiger partial charge < -0.3 is 10.1 Å². The number of nitro groups is 1. The van der Waals surface area contributed by atoms with Gasteiger partial charge in [-0.2, -0.15) is 4.98 Å². The van der Waals surface area contributed by atoms with Crippen molar-refractivity contribution >= 4 is 40.4 Å². The molecule has 1 aromatic carbocycles. The molecule has 1 N–H and O–H groups in total. The molecule has 22 heavy (non-hydrogen) atoms. The number of ether oxygens (including phenoxy) is 1. The van der Waals surface area contributed by atoms with Crippen molar-refractivity contribution in [3.63, 3.8) is 0 Å². The summed E-state index contributed by atoms with van der Waals surface area (Å²) < 4.78 is 5.35. The van der Waals surface area contributed by atoms with Gasteiger partial charge in [0.15, 0.2) is 0 Å². The average Bonchev–Trinajstić information content (AvgIpc) is 2.43. The fourth-order valence-corrected chi connectivity index (χ4v) is 2.00. The molecule has 2 rings (SSSR count). The second-order valence-corrected chi connectivity index (χ2v) is 5.31. The average molecular weight is 343 g/mol. The van der Waals surface area contributed by atoms with Gasteiger partial charge in [0.25, 0.3) is 5.88 Å². The predicted molar refractivity (Wildman–Crippen MR) is 84.2 cm³/mol. The van der Waals surface area contributed by atoms with Crippen molar-refractivity contribution in [1.82, 2.24) is 9.97 Å². The Labute approximate surface area is 136 Å². The smallest absolute Gasteiger partial charge is 0.373 e. The van der Waals surface area contributed by atoms with Gasteiger partial charge in [-0.05, 0) is 26.0 Å². The topological polar surface area (TPSA) is 90.2 Å². The third-order valence-electron chi connectivity index (χ3n) is 2.52. The zero-order valence-corrected chi connectivity index (χ0v) is 13.2. The Kier molecular flexibility index (Phi) is 4.99. The van der Waals surface area contributed by atoms with E-state index in [4.69, 9.17) is 27.9 Å². The van der Waals surface area contributed by atoms with E-state index in [1.54, 1.807) is 32.0 Å². The molecule has 0 saturated heterocycles. The first-order chi connectivity index (χ1) is 10.4. The molecule has 1 aromatic heterocycles. The highest BCUT2D eigenvalue weighted by Gasteiger charge is 2.25. The van der Waals surface area contributed by atoms with E-state index in [9.17, 15) is 10.1 Å². The van der Waals surface area contributed by atoms with Gasteiger partial charge in [0.1, 0.15) is 6.33 Å².